The van der Waals surface area contributed by atoms with Crippen molar-refractivity contribution in [3.05, 3.63) is 119 Å². The third-order valence-corrected chi connectivity index (χ3v) is 6.61. The van der Waals surface area contributed by atoms with Crippen LogP contribution in [0.5, 0.6) is 23.0 Å². The molecular weight excluding hydrogens is 586 g/mol. The summed E-state index contributed by atoms with van der Waals surface area (Å²) in [6.45, 7) is 0. The predicted molar refractivity (Wildman–Crippen MR) is 136 cm³/mol. The Morgan fingerprint density at radius 2 is 0.977 bits per heavy atom. The van der Waals surface area contributed by atoms with Gasteiger partial charge in [-0.25, -0.2) is 14.4 Å². The summed E-state index contributed by atoms with van der Waals surface area (Å²) < 4.78 is 103. The van der Waals surface area contributed by atoms with Gasteiger partial charge in [-0.2, -0.15) is 26.3 Å². The minimum absolute atomic E-state index is 0.00996. The van der Waals surface area contributed by atoms with Gasteiger partial charge in [0.2, 0.25) is 5.41 Å². The number of alkyl halides is 6. The summed E-state index contributed by atoms with van der Waals surface area (Å²) in [5.41, 5.74) is -6.86. The molecule has 0 saturated carbocycles. The fourth-order valence-electron chi connectivity index (χ4n) is 4.59. The molecule has 0 radical (unpaired) electrons. The van der Waals surface area contributed by atoms with Crippen molar-refractivity contribution in [3.63, 3.8) is 0 Å². The first-order valence-corrected chi connectivity index (χ1v) is 12.1. The van der Waals surface area contributed by atoms with Gasteiger partial charge in [-0.15, -0.1) is 0 Å². The first-order chi connectivity index (χ1) is 20.2. The zero-order chi connectivity index (χ0) is 31.2. The summed E-state index contributed by atoms with van der Waals surface area (Å²) in [5.74, 6) is -3.11. The van der Waals surface area contributed by atoms with E-state index in [4.69, 9.17) is 14.6 Å². The second-order valence-corrected chi connectivity index (χ2v) is 9.21. The summed E-state index contributed by atoms with van der Waals surface area (Å²) >= 11 is 0. The monoisotopic (exact) mass is 602 g/mol. The Morgan fingerprint density at radius 1 is 0.581 bits per heavy atom. The number of cyclic esters (lactones) is 2. The van der Waals surface area contributed by atoms with Crippen molar-refractivity contribution >= 4 is 17.9 Å². The summed E-state index contributed by atoms with van der Waals surface area (Å²) in [5, 5.41) is 8.97. The lowest BCUT2D eigenvalue weighted by Gasteiger charge is -2.38. The van der Waals surface area contributed by atoms with Gasteiger partial charge in [-0.1, -0.05) is 24.3 Å². The topological polar surface area (TPSA) is 99.1 Å². The van der Waals surface area contributed by atoms with Gasteiger partial charge >= 0.3 is 30.3 Å². The molecular formula is C30H16F6O7. The van der Waals surface area contributed by atoms with E-state index in [-0.39, 0.29) is 39.7 Å². The van der Waals surface area contributed by atoms with Gasteiger partial charge < -0.3 is 19.3 Å². The van der Waals surface area contributed by atoms with E-state index in [2.05, 4.69) is 4.74 Å². The standard InChI is InChI=1S/C30H16F6O7/c31-29(32,33)28(30(34,35)36,17-3-9-20(10-4-17)41-19-7-1-16(2-8-19)25(37)38)18-5-11-21(12-6-18)42-22-13-14-23-24(15-22)27(40)43-26(23)39/h1-15H,(H,37,38). The average molecular weight is 602 g/mol. The molecule has 0 atom stereocenters. The van der Waals surface area contributed by atoms with Crippen LogP contribution in [0.25, 0.3) is 0 Å². The lowest BCUT2D eigenvalue weighted by atomic mass is 9.73. The Bertz CT molecular complexity index is 1690. The molecule has 0 spiro atoms. The summed E-state index contributed by atoms with van der Waals surface area (Å²) in [6.07, 6.45) is -11.7. The number of halogens is 6. The molecule has 4 aromatic carbocycles. The van der Waals surface area contributed by atoms with E-state index in [1.54, 1.807) is 0 Å². The third kappa shape index (κ3) is 5.25. The number of carboxylic acid groups (broad SMARTS) is 1. The van der Waals surface area contributed by atoms with Crippen LogP contribution in [0.3, 0.4) is 0 Å². The van der Waals surface area contributed by atoms with Crippen LogP contribution in [0.15, 0.2) is 91.0 Å². The summed E-state index contributed by atoms with van der Waals surface area (Å²) in [7, 11) is 0. The first-order valence-electron chi connectivity index (χ1n) is 12.1. The highest BCUT2D eigenvalue weighted by molar-refractivity contribution is 6.14. The SMILES string of the molecule is O=C(O)c1ccc(Oc2ccc(C(c3ccc(Oc4ccc5c(c4)C(=O)OC5=O)cc3)(C(F)(F)F)C(F)(F)F)cc2)cc1. The second-order valence-electron chi connectivity index (χ2n) is 9.21. The molecule has 0 amide bonds. The lowest BCUT2D eigenvalue weighted by Crippen LogP contribution is -2.54. The maximum absolute atomic E-state index is 14.5. The fraction of sp³-hybridized carbons (Fsp3) is 0.100. The zero-order valence-electron chi connectivity index (χ0n) is 21.3. The van der Waals surface area contributed by atoms with Crippen molar-refractivity contribution in [2.45, 2.75) is 17.8 Å². The van der Waals surface area contributed by atoms with E-state index >= 15 is 0 Å². The number of esters is 2. The number of rotatable bonds is 7. The van der Waals surface area contributed by atoms with Crippen LogP contribution in [0.1, 0.15) is 42.2 Å². The quantitative estimate of drug-likeness (QED) is 0.132. The molecule has 1 aliphatic rings. The van der Waals surface area contributed by atoms with Gasteiger partial charge in [0.15, 0.2) is 0 Å². The minimum atomic E-state index is -5.84. The van der Waals surface area contributed by atoms with Crippen LogP contribution < -0.4 is 9.47 Å². The number of hydrogen-bond acceptors (Lipinski definition) is 6. The molecule has 7 nitrogen and oxygen atoms in total. The normalized spacial score (nSPS) is 13.3. The van der Waals surface area contributed by atoms with Crippen molar-refractivity contribution in [3.8, 4) is 23.0 Å². The van der Waals surface area contributed by atoms with E-state index in [0.717, 1.165) is 30.3 Å². The number of aromatic carboxylic acids is 1. The number of carboxylic acids is 1. The Labute approximate surface area is 237 Å². The van der Waals surface area contributed by atoms with Crippen molar-refractivity contribution in [1.29, 1.82) is 0 Å². The Hall–Kier alpha value is -5.33. The number of fused-ring (bicyclic) bond motifs is 1. The molecule has 0 aliphatic carbocycles. The second kappa shape index (κ2) is 10.5. The molecule has 4 aromatic rings. The number of carbonyl (C=O) groups is 3. The highest BCUT2D eigenvalue weighted by atomic mass is 19.4. The predicted octanol–water partition coefficient (Wildman–Crippen LogP) is 7.69. The van der Waals surface area contributed by atoms with Gasteiger partial charge in [-0.3, -0.25) is 0 Å². The van der Waals surface area contributed by atoms with Gasteiger partial charge in [-0.05, 0) is 77.9 Å². The molecule has 1 heterocycles. The van der Waals surface area contributed by atoms with E-state index in [0.29, 0.717) is 24.3 Å². The van der Waals surface area contributed by atoms with E-state index < -0.39 is 46.8 Å². The van der Waals surface area contributed by atoms with Crippen LogP contribution in [-0.4, -0.2) is 35.4 Å². The number of carbonyl (C=O) groups excluding carboxylic acids is 2. The van der Waals surface area contributed by atoms with Crippen LogP contribution in [0, 0.1) is 0 Å². The number of hydrogen-bond donors (Lipinski definition) is 1. The molecule has 0 fully saturated rings. The fourth-order valence-corrected chi connectivity index (χ4v) is 4.59. The van der Waals surface area contributed by atoms with E-state index in [1.807, 2.05) is 0 Å². The highest BCUT2D eigenvalue weighted by Gasteiger charge is 2.72. The smallest absolute Gasteiger partial charge is 0.411 e. The van der Waals surface area contributed by atoms with Crippen molar-refractivity contribution in [2.75, 3.05) is 0 Å². The first kappa shape index (κ1) is 29.2. The Morgan fingerprint density at radius 3 is 1.42 bits per heavy atom. The van der Waals surface area contributed by atoms with Gasteiger partial charge in [0.25, 0.3) is 0 Å². The lowest BCUT2D eigenvalue weighted by molar-refractivity contribution is -0.288. The van der Waals surface area contributed by atoms with E-state index in [1.165, 1.54) is 36.4 Å². The maximum atomic E-state index is 14.5. The van der Waals surface area contributed by atoms with E-state index in [9.17, 15) is 40.7 Å². The van der Waals surface area contributed by atoms with Gasteiger partial charge in [0.05, 0.1) is 16.7 Å². The number of benzene rings is 4. The Kier molecular flexibility index (Phi) is 7.12. The largest absolute Gasteiger partial charge is 0.478 e. The number of ether oxygens (including phenoxy) is 3. The van der Waals surface area contributed by atoms with Crippen LogP contribution in [-0.2, 0) is 10.2 Å². The highest BCUT2D eigenvalue weighted by Crippen LogP contribution is 2.56. The molecule has 1 aliphatic heterocycles. The zero-order valence-corrected chi connectivity index (χ0v) is 21.3. The van der Waals surface area contributed by atoms with Crippen LogP contribution in [0.4, 0.5) is 26.3 Å². The van der Waals surface area contributed by atoms with Gasteiger partial charge in [0.1, 0.15) is 23.0 Å². The molecule has 0 aromatic heterocycles. The summed E-state index contributed by atoms with van der Waals surface area (Å²) in [6, 6.07) is 15.0. The Balaban J connectivity index is 1.46. The van der Waals surface area contributed by atoms with Crippen LogP contribution in [0.2, 0.25) is 0 Å². The molecule has 5 rings (SSSR count). The van der Waals surface area contributed by atoms with Crippen LogP contribution >= 0.6 is 0 Å². The average Bonchev–Trinajstić information content (AvgIpc) is 3.22. The molecule has 0 bridgehead atoms. The maximum Gasteiger partial charge on any atom is 0.411 e. The molecule has 0 saturated heterocycles. The van der Waals surface area contributed by atoms with Crippen molar-refractivity contribution in [2.24, 2.45) is 0 Å². The molecule has 0 unspecified atom stereocenters. The minimum Gasteiger partial charge on any atom is -0.478 e. The molecule has 13 heteroatoms. The molecule has 1 N–H and O–H groups in total. The molecule has 43 heavy (non-hydrogen) atoms. The van der Waals surface area contributed by atoms with Crippen molar-refractivity contribution in [1.82, 2.24) is 0 Å². The van der Waals surface area contributed by atoms with Gasteiger partial charge in [0, 0.05) is 0 Å². The molecule has 220 valence electrons. The third-order valence-electron chi connectivity index (χ3n) is 6.61. The van der Waals surface area contributed by atoms with Crippen molar-refractivity contribution < 1.29 is 60.0 Å². The summed E-state index contributed by atoms with van der Waals surface area (Å²) in [4.78, 5) is 34.3.